The summed E-state index contributed by atoms with van der Waals surface area (Å²) in [5.74, 6) is 1.84. The van der Waals surface area contributed by atoms with E-state index in [2.05, 4.69) is 29.3 Å². The van der Waals surface area contributed by atoms with E-state index >= 15 is 0 Å². The number of hydrogen-bond acceptors (Lipinski definition) is 3. The summed E-state index contributed by atoms with van der Waals surface area (Å²) in [6, 6.07) is 8.21. The van der Waals surface area contributed by atoms with Gasteiger partial charge in [0.25, 0.3) is 0 Å². The number of aliphatic hydroxyl groups excluding tert-OH is 1. The Morgan fingerprint density at radius 1 is 1.29 bits per heavy atom. The average Bonchev–Trinajstić information content (AvgIpc) is 3.24. The summed E-state index contributed by atoms with van der Waals surface area (Å²) >= 11 is 0. The minimum Gasteiger partial charge on any atom is -0.490 e. The number of rotatable bonds is 5. The van der Waals surface area contributed by atoms with Crippen LogP contribution >= 0.6 is 0 Å². The number of hydrogen-bond donors (Lipinski definition) is 2. The normalized spacial score (nSPS) is 22.2. The molecule has 1 saturated carbocycles. The van der Waals surface area contributed by atoms with Crippen LogP contribution in [-0.2, 0) is 6.54 Å². The Morgan fingerprint density at radius 3 is 2.79 bits per heavy atom. The highest BCUT2D eigenvalue weighted by Gasteiger charge is 2.23. The molecule has 0 aromatic heterocycles. The molecule has 132 valence electrons. The maximum atomic E-state index is 9.76. The van der Waals surface area contributed by atoms with Gasteiger partial charge in [-0.15, -0.1) is 0 Å². The summed E-state index contributed by atoms with van der Waals surface area (Å²) in [6.07, 6.45) is 5.78. The number of β-amino-alcohol motifs (C(OH)–C–C–N with tert-alkyl or cyclic N) is 1. The highest BCUT2D eigenvalue weighted by atomic mass is 16.5. The van der Waals surface area contributed by atoms with E-state index in [-0.39, 0.29) is 6.10 Å². The fourth-order valence-corrected chi connectivity index (χ4v) is 3.46. The Hall–Kier alpha value is -1.75. The van der Waals surface area contributed by atoms with Crippen LogP contribution < -0.4 is 10.1 Å². The monoisotopic (exact) mass is 331 g/mol. The van der Waals surface area contributed by atoms with Gasteiger partial charge in [-0.05, 0) is 45.1 Å². The van der Waals surface area contributed by atoms with E-state index in [4.69, 9.17) is 9.73 Å². The van der Waals surface area contributed by atoms with Gasteiger partial charge in [-0.1, -0.05) is 18.2 Å². The highest BCUT2D eigenvalue weighted by Crippen LogP contribution is 2.27. The topological polar surface area (TPSA) is 57.1 Å². The van der Waals surface area contributed by atoms with Crippen molar-refractivity contribution in [3.05, 3.63) is 29.8 Å². The number of ether oxygens (including phenoxy) is 1. The number of nitrogens with zero attached hydrogens (tertiary/aromatic N) is 2. The van der Waals surface area contributed by atoms with E-state index in [1.54, 1.807) is 0 Å². The molecule has 2 fully saturated rings. The van der Waals surface area contributed by atoms with Crippen LogP contribution in [0.3, 0.4) is 0 Å². The van der Waals surface area contributed by atoms with E-state index in [1.807, 2.05) is 12.1 Å². The van der Waals surface area contributed by atoms with Gasteiger partial charge in [0.2, 0.25) is 0 Å². The summed E-state index contributed by atoms with van der Waals surface area (Å²) in [6.45, 7) is 5.00. The predicted octanol–water partition coefficient (Wildman–Crippen LogP) is 2.54. The highest BCUT2D eigenvalue weighted by molar-refractivity contribution is 5.80. The fraction of sp³-hybridized carbons (Fsp3) is 0.632. The van der Waals surface area contributed by atoms with Gasteiger partial charge in [-0.3, -0.25) is 0 Å². The van der Waals surface area contributed by atoms with Crippen LogP contribution in [0.25, 0.3) is 0 Å². The van der Waals surface area contributed by atoms with E-state index in [1.165, 1.54) is 12.8 Å². The molecular formula is C19H29N3O2. The zero-order chi connectivity index (χ0) is 16.8. The van der Waals surface area contributed by atoms with E-state index < -0.39 is 0 Å². The molecule has 1 atom stereocenters. The molecule has 1 heterocycles. The molecule has 5 heteroatoms. The number of benzene rings is 1. The van der Waals surface area contributed by atoms with Gasteiger partial charge >= 0.3 is 0 Å². The minimum atomic E-state index is -0.244. The Morgan fingerprint density at radius 2 is 2.08 bits per heavy atom. The standard InChI is InChI=1S/C19H29N3O2/c1-2-20-19(22-12-11-16(23)14-22)21-13-15-7-3-6-10-18(15)24-17-8-4-5-9-17/h3,6-7,10,16-17,23H,2,4-5,8-9,11-14H2,1H3,(H,20,21)/t16-/m1/s1. The lowest BCUT2D eigenvalue weighted by Gasteiger charge is -2.21. The molecule has 1 aliphatic carbocycles. The molecule has 1 aromatic rings. The number of aliphatic imine (C=N–C) groups is 1. The van der Waals surface area contributed by atoms with Crippen molar-refractivity contribution in [3.8, 4) is 5.75 Å². The summed E-state index contributed by atoms with van der Waals surface area (Å²) in [4.78, 5) is 6.91. The Balaban J connectivity index is 1.69. The van der Waals surface area contributed by atoms with Crippen LogP contribution in [0.4, 0.5) is 0 Å². The molecule has 0 spiro atoms. The number of likely N-dealkylation sites (tertiary alicyclic amines) is 1. The van der Waals surface area contributed by atoms with Crippen molar-refractivity contribution >= 4 is 5.96 Å². The van der Waals surface area contributed by atoms with Crippen molar-refractivity contribution < 1.29 is 9.84 Å². The van der Waals surface area contributed by atoms with Crippen LogP contribution in [0.5, 0.6) is 5.75 Å². The minimum absolute atomic E-state index is 0.244. The molecule has 0 bridgehead atoms. The zero-order valence-electron chi connectivity index (χ0n) is 14.6. The zero-order valence-corrected chi connectivity index (χ0v) is 14.6. The largest absolute Gasteiger partial charge is 0.490 e. The molecule has 1 saturated heterocycles. The van der Waals surface area contributed by atoms with Gasteiger partial charge < -0.3 is 20.1 Å². The molecule has 0 amide bonds. The summed E-state index contributed by atoms with van der Waals surface area (Å²) in [5, 5.41) is 13.1. The molecule has 0 unspecified atom stereocenters. The van der Waals surface area contributed by atoms with Crippen molar-refractivity contribution in [2.75, 3.05) is 19.6 Å². The lowest BCUT2D eigenvalue weighted by molar-refractivity contribution is 0.187. The van der Waals surface area contributed by atoms with E-state index in [0.29, 0.717) is 19.2 Å². The van der Waals surface area contributed by atoms with Gasteiger partial charge in [0.05, 0.1) is 18.8 Å². The van der Waals surface area contributed by atoms with Crippen LogP contribution in [0.1, 0.15) is 44.6 Å². The van der Waals surface area contributed by atoms with Crippen molar-refractivity contribution in [2.24, 2.45) is 4.99 Å². The van der Waals surface area contributed by atoms with Gasteiger partial charge in [-0.25, -0.2) is 4.99 Å². The number of nitrogens with one attached hydrogen (secondary N) is 1. The third-order valence-corrected chi connectivity index (χ3v) is 4.77. The molecule has 1 aliphatic heterocycles. The average molecular weight is 331 g/mol. The first-order valence-electron chi connectivity index (χ1n) is 9.22. The SMILES string of the molecule is CCNC(=NCc1ccccc1OC1CCCC1)N1CC[C@@H](O)C1. The third-order valence-electron chi connectivity index (χ3n) is 4.77. The smallest absolute Gasteiger partial charge is 0.194 e. The Kier molecular flexibility index (Phi) is 5.96. The number of aliphatic hydroxyl groups is 1. The second kappa shape index (κ2) is 8.38. The predicted molar refractivity (Wildman–Crippen MR) is 96.3 cm³/mol. The van der Waals surface area contributed by atoms with E-state index in [0.717, 1.165) is 49.6 Å². The van der Waals surface area contributed by atoms with Crippen LogP contribution in [0, 0.1) is 0 Å². The molecule has 1 aromatic carbocycles. The van der Waals surface area contributed by atoms with Crippen LogP contribution in [-0.4, -0.2) is 47.8 Å². The first-order chi connectivity index (χ1) is 11.8. The molecular weight excluding hydrogens is 302 g/mol. The molecule has 5 nitrogen and oxygen atoms in total. The molecule has 2 N–H and O–H groups in total. The molecule has 2 aliphatic rings. The van der Waals surface area contributed by atoms with Gasteiger partial charge in [0.1, 0.15) is 5.75 Å². The maximum Gasteiger partial charge on any atom is 0.194 e. The molecule has 0 radical (unpaired) electrons. The summed E-state index contributed by atoms with van der Waals surface area (Å²) < 4.78 is 6.20. The van der Waals surface area contributed by atoms with Crippen LogP contribution in [0.2, 0.25) is 0 Å². The number of guanidine groups is 1. The van der Waals surface area contributed by atoms with Gasteiger partial charge in [-0.2, -0.15) is 0 Å². The third kappa shape index (κ3) is 4.41. The first-order valence-corrected chi connectivity index (χ1v) is 9.22. The molecule has 3 rings (SSSR count). The van der Waals surface area contributed by atoms with Crippen molar-refractivity contribution in [2.45, 2.75) is 57.8 Å². The second-order valence-corrected chi connectivity index (χ2v) is 6.69. The van der Waals surface area contributed by atoms with Gasteiger partial charge in [0, 0.05) is 25.2 Å². The Bertz CT molecular complexity index is 555. The van der Waals surface area contributed by atoms with Crippen LogP contribution in [0.15, 0.2) is 29.3 Å². The quantitative estimate of drug-likeness (QED) is 0.643. The first kappa shape index (κ1) is 17.1. The van der Waals surface area contributed by atoms with Crippen molar-refractivity contribution in [1.29, 1.82) is 0 Å². The lowest BCUT2D eigenvalue weighted by atomic mass is 10.2. The fourth-order valence-electron chi connectivity index (χ4n) is 3.46. The van der Waals surface area contributed by atoms with Gasteiger partial charge in [0.15, 0.2) is 5.96 Å². The number of para-hydroxylation sites is 1. The van der Waals surface area contributed by atoms with Crippen molar-refractivity contribution in [3.63, 3.8) is 0 Å². The summed E-state index contributed by atoms with van der Waals surface area (Å²) in [7, 11) is 0. The maximum absolute atomic E-state index is 9.76. The van der Waals surface area contributed by atoms with Crippen molar-refractivity contribution in [1.82, 2.24) is 10.2 Å². The lowest BCUT2D eigenvalue weighted by Crippen LogP contribution is -2.40. The summed E-state index contributed by atoms with van der Waals surface area (Å²) in [5.41, 5.74) is 1.12. The molecule has 24 heavy (non-hydrogen) atoms. The van der Waals surface area contributed by atoms with E-state index in [9.17, 15) is 5.11 Å². The second-order valence-electron chi connectivity index (χ2n) is 6.69. The Labute approximate surface area is 144 Å².